The maximum absolute atomic E-state index is 12.5. The number of hydrogen-bond acceptors (Lipinski definition) is 4. The molecule has 1 fully saturated rings. The molecule has 0 bridgehead atoms. The Hall–Kier alpha value is -0.920. The molecule has 108 valence electrons. The zero-order valence-corrected chi connectivity index (χ0v) is 12.3. The molecule has 0 amide bonds. The predicted molar refractivity (Wildman–Crippen MR) is 73.3 cm³/mol. The standard InChI is InChI=1S/C12H22N4O2S/c1-10(2)16(9-11-5-3-4-6-13-11)19(17,18)12-7-14-15-8-12/h7-8,10-11,13H,3-6,9H2,1-2H3,(H,14,15). The van der Waals surface area contributed by atoms with Crippen LogP contribution in [0.2, 0.25) is 0 Å². The maximum Gasteiger partial charge on any atom is 0.246 e. The van der Waals surface area contributed by atoms with Crippen molar-refractivity contribution >= 4 is 10.0 Å². The Kier molecular flexibility index (Phi) is 4.59. The molecule has 1 saturated heterocycles. The first kappa shape index (κ1) is 14.5. The predicted octanol–water partition coefficient (Wildman–Crippen LogP) is 0.951. The van der Waals surface area contributed by atoms with Crippen molar-refractivity contribution in [3.8, 4) is 0 Å². The molecule has 6 nitrogen and oxygen atoms in total. The van der Waals surface area contributed by atoms with Crippen molar-refractivity contribution in [2.45, 2.75) is 50.1 Å². The normalized spacial score (nSPS) is 21.2. The number of nitrogens with one attached hydrogen (secondary N) is 2. The fraction of sp³-hybridized carbons (Fsp3) is 0.750. The van der Waals surface area contributed by atoms with E-state index in [0.717, 1.165) is 19.4 Å². The van der Waals surface area contributed by atoms with Gasteiger partial charge >= 0.3 is 0 Å². The minimum Gasteiger partial charge on any atom is -0.313 e. The van der Waals surface area contributed by atoms with Crippen LogP contribution in [0.15, 0.2) is 17.3 Å². The van der Waals surface area contributed by atoms with Crippen LogP contribution in [-0.2, 0) is 10.0 Å². The first-order valence-corrected chi connectivity index (χ1v) is 8.20. The summed E-state index contributed by atoms with van der Waals surface area (Å²) in [4.78, 5) is 0.233. The number of H-pyrrole nitrogens is 1. The molecule has 2 heterocycles. The SMILES string of the molecule is CC(C)N(CC1CCCCN1)S(=O)(=O)c1cn[nH]c1. The Bertz CT molecular complexity index is 478. The van der Waals surface area contributed by atoms with E-state index in [4.69, 9.17) is 0 Å². The van der Waals surface area contributed by atoms with E-state index in [1.165, 1.54) is 18.8 Å². The van der Waals surface area contributed by atoms with E-state index in [1.807, 2.05) is 13.8 Å². The molecule has 1 unspecified atom stereocenters. The maximum atomic E-state index is 12.5. The lowest BCUT2D eigenvalue weighted by molar-refractivity contribution is 0.282. The zero-order valence-electron chi connectivity index (χ0n) is 11.5. The lowest BCUT2D eigenvalue weighted by Crippen LogP contribution is -2.48. The summed E-state index contributed by atoms with van der Waals surface area (Å²) in [5.74, 6) is 0. The van der Waals surface area contributed by atoms with E-state index in [-0.39, 0.29) is 17.0 Å². The van der Waals surface area contributed by atoms with Gasteiger partial charge < -0.3 is 5.32 Å². The molecule has 0 radical (unpaired) electrons. The minimum absolute atomic E-state index is 0.0661. The average molecular weight is 286 g/mol. The Morgan fingerprint density at radius 3 is 2.79 bits per heavy atom. The number of rotatable bonds is 5. The summed E-state index contributed by atoms with van der Waals surface area (Å²) < 4.78 is 26.6. The lowest BCUT2D eigenvalue weighted by atomic mass is 10.1. The van der Waals surface area contributed by atoms with Crippen molar-refractivity contribution in [1.29, 1.82) is 0 Å². The van der Waals surface area contributed by atoms with Gasteiger partial charge in [0.1, 0.15) is 4.90 Å². The molecule has 0 saturated carbocycles. The van der Waals surface area contributed by atoms with Gasteiger partial charge in [-0.15, -0.1) is 0 Å². The summed E-state index contributed by atoms with van der Waals surface area (Å²) in [7, 11) is -3.46. The van der Waals surface area contributed by atoms with Crippen LogP contribution < -0.4 is 5.32 Å². The van der Waals surface area contributed by atoms with Gasteiger partial charge in [0.2, 0.25) is 10.0 Å². The van der Waals surface area contributed by atoms with Gasteiger partial charge in [0, 0.05) is 24.8 Å². The Morgan fingerprint density at radius 1 is 1.47 bits per heavy atom. The summed E-state index contributed by atoms with van der Waals surface area (Å²) in [5.41, 5.74) is 0. The second kappa shape index (κ2) is 6.02. The Morgan fingerprint density at radius 2 is 2.26 bits per heavy atom. The van der Waals surface area contributed by atoms with Crippen LogP contribution >= 0.6 is 0 Å². The zero-order chi connectivity index (χ0) is 13.9. The number of aromatic nitrogens is 2. The largest absolute Gasteiger partial charge is 0.313 e. The molecule has 2 N–H and O–H groups in total. The summed E-state index contributed by atoms with van der Waals surface area (Å²) in [5, 5.41) is 9.68. The molecule has 2 rings (SSSR count). The van der Waals surface area contributed by atoms with Crippen LogP contribution in [0.1, 0.15) is 33.1 Å². The van der Waals surface area contributed by atoms with E-state index in [2.05, 4.69) is 15.5 Å². The third-order valence-electron chi connectivity index (χ3n) is 3.47. The first-order valence-electron chi connectivity index (χ1n) is 6.76. The van der Waals surface area contributed by atoms with Gasteiger partial charge in [0.15, 0.2) is 0 Å². The van der Waals surface area contributed by atoms with Gasteiger partial charge in [-0.25, -0.2) is 8.42 Å². The van der Waals surface area contributed by atoms with Crippen molar-refractivity contribution < 1.29 is 8.42 Å². The van der Waals surface area contributed by atoms with Crippen LogP contribution in [0.4, 0.5) is 0 Å². The lowest BCUT2D eigenvalue weighted by Gasteiger charge is -2.32. The van der Waals surface area contributed by atoms with Crippen molar-refractivity contribution in [2.75, 3.05) is 13.1 Å². The van der Waals surface area contributed by atoms with Crippen molar-refractivity contribution in [2.24, 2.45) is 0 Å². The van der Waals surface area contributed by atoms with Crippen molar-refractivity contribution in [3.63, 3.8) is 0 Å². The highest BCUT2D eigenvalue weighted by atomic mass is 32.2. The molecule has 1 aromatic heterocycles. The molecule has 0 aliphatic carbocycles. The van der Waals surface area contributed by atoms with E-state index in [0.29, 0.717) is 6.54 Å². The summed E-state index contributed by atoms with van der Waals surface area (Å²) in [6.07, 6.45) is 6.16. The van der Waals surface area contributed by atoms with Crippen LogP contribution in [0.25, 0.3) is 0 Å². The quantitative estimate of drug-likeness (QED) is 0.845. The molecular weight excluding hydrogens is 264 g/mol. The Labute approximate surface area is 114 Å². The molecule has 0 spiro atoms. The van der Waals surface area contributed by atoms with Crippen LogP contribution in [0.5, 0.6) is 0 Å². The van der Waals surface area contributed by atoms with Crippen LogP contribution in [-0.4, -0.2) is 48.1 Å². The fourth-order valence-electron chi connectivity index (χ4n) is 2.40. The van der Waals surface area contributed by atoms with Gasteiger partial charge in [-0.3, -0.25) is 5.10 Å². The second-order valence-corrected chi connectivity index (χ2v) is 7.14. The highest BCUT2D eigenvalue weighted by Crippen LogP contribution is 2.19. The second-order valence-electron chi connectivity index (χ2n) is 5.25. The highest BCUT2D eigenvalue weighted by Gasteiger charge is 2.30. The molecule has 1 aliphatic heterocycles. The number of sulfonamides is 1. The molecule has 19 heavy (non-hydrogen) atoms. The average Bonchev–Trinajstić information content (AvgIpc) is 2.91. The van der Waals surface area contributed by atoms with E-state index in [1.54, 1.807) is 4.31 Å². The van der Waals surface area contributed by atoms with E-state index < -0.39 is 10.0 Å². The number of hydrogen-bond donors (Lipinski definition) is 2. The molecule has 1 atom stereocenters. The monoisotopic (exact) mass is 286 g/mol. The van der Waals surface area contributed by atoms with Gasteiger partial charge in [-0.05, 0) is 33.2 Å². The Balaban J connectivity index is 2.15. The van der Waals surface area contributed by atoms with Gasteiger partial charge in [-0.1, -0.05) is 6.42 Å². The van der Waals surface area contributed by atoms with Gasteiger partial charge in [-0.2, -0.15) is 9.40 Å². The van der Waals surface area contributed by atoms with Crippen molar-refractivity contribution in [3.05, 3.63) is 12.4 Å². The topological polar surface area (TPSA) is 78.1 Å². The summed E-state index contributed by atoms with van der Waals surface area (Å²) >= 11 is 0. The van der Waals surface area contributed by atoms with Crippen LogP contribution in [0, 0.1) is 0 Å². The molecule has 0 aromatic carbocycles. The summed E-state index contributed by atoms with van der Waals surface area (Å²) in [6, 6.07) is 0.182. The fourth-order valence-corrected chi connectivity index (χ4v) is 3.99. The van der Waals surface area contributed by atoms with E-state index >= 15 is 0 Å². The van der Waals surface area contributed by atoms with Gasteiger partial charge in [0.05, 0.1) is 6.20 Å². The molecule has 1 aromatic rings. The summed E-state index contributed by atoms with van der Waals surface area (Å²) in [6.45, 7) is 5.30. The molecular formula is C12H22N4O2S. The van der Waals surface area contributed by atoms with E-state index in [9.17, 15) is 8.42 Å². The number of piperidine rings is 1. The number of aromatic amines is 1. The minimum atomic E-state index is -3.46. The van der Waals surface area contributed by atoms with Crippen LogP contribution in [0.3, 0.4) is 0 Å². The third kappa shape index (κ3) is 3.34. The number of nitrogens with zero attached hydrogens (tertiary/aromatic N) is 2. The molecule has 7 heteroatoms. The first-order chi connectivity index (χ1) is 9.01. The third-order valence-corrected chi connectivity index (χ3v) is 5.48. The highest BCUT2D eigenvalue weighted by molar-refractivity contribution is 7.89. The van der Waals surface area contributed by atoms with Crippen molar-refractivity contribution in [1.82, 2.24) is 19.8 Å². The smallest absolute Gasteiger partial charge is 0.246 e. The van der Waals surface area contributed by atoms with Gasteiger partial charge in [0.25, 0.3) is 0 Å². The molecule has 1 aliphatic rings.